The molecule has 0 saturated heterocycles. The molecule has 0 spiro atoms. The van der Waals surface area contributed by atoms with Crippen LogP contribution in [0.5, 0.6) is 23.0 Å². The van der Waals surface area contributed by atoms with Crippen LogP contribution in [0.1, 0.15) is 16.2 Å². The number of carbonyl (C=O) groups excluding carboxylic acids is 1. The summed E-state index contributed by atoms with van der Waals surface area (Å²) in [5.74, 6) is -0.732. The Balaban J connectivity index is 1.54. The van der Waals surface area contributed by atoms with E-state index < -0.39 is 23.5 Å². The highest BCUT2D eigenvalue weighted by molar-refractivity contribution is 7.22. The predicted octanol–water partition coefficient (Wildman–Crippen LogP) is 4.86. The van der Waals surface area contributed by atoms with Crippen LogP contribution >= 0.6 is 11.3 Å². The van der Waals surface area contributed by atoms with Gasteiger partial charge in [-0.2, -0.15) is 13.2 Å². The number of thiazole rings is 1. The number of hydrogen-bond donors (Lipinski definition) is 2. The average Bonchev–Trinajstić information content (AvgIpc) is 3.15. The highest BCUT2D eigenvalue weighted by Gasteiger charge is 2.32. The molecular weight excluding hydrogens is 449 g/mol. The Morgan fingerprint density at radius 1 is 1.09 bits per heavy atom. The predicted molar refractivity (Wildman–Crippen MR) is 109 cm³/mol. The van der Waals surface area contributed by atoms with Gasteiger partial charge in [0.25, 0.3) is 5.91 Å². The Morgan fingerprint density at radius 3 is 2.59 bits per heavy atom. The molecule has 0 aliphatic carbocycles. The van der Waals surface area contributed by atoms with E-state index in [0.29, 0.717) is 10.2 Å². The number of alkyl halides is 3. The van der Waals surface area contributed by atoms with Crippen LogP contribution in [0.2, 0.25) is 0 Å². The zero-order valence-electron chi connectivity index (χ0n) is 16.2. The van der Waals surface area contributed by atoms with E-state index in [0.717, 1.165) is 23.6 Å². The molecule has 3 aromatic heterocycles. The second-order valence-electron chi connectivity index (χ2n) is 6.29. The van der Waals surface area contributed by atoms with Crippen LogP contribution in [-0.4, -0.2) is 33.1 Å². The van der Waals surface area contributed by atoms with Crippen LogP contribution in [0, 0.1) is 0 Å². The summed E-state index contributed by atoms with van der Waals surface area (Å²) >= 11 is 1.11. The number of ether oxygens (including phenoxy) is 2. The number of benzene rings is 1. The second kappa shape index (κ2) is 8.30. The molecule has 1 amide bonds. The number of methoxy groups -OCH3 is 1. The Morgan fingerprint density at radius 2 is 1.84 bits per heavy atom. The molecule has 0 aliphatic heterocycles. The van der Waals surface area contributed by atoms with Gasteiger partial charge >= 0.3 is 6.18 Å². The Hall–Kier alpha value is -3.93. The van der Waals surface area contributed by atoms with E-state index >= 15 is 0 Å². The molecule has 4 rings (SSSR count). The van der Waals surface area contributed by atoms with Crippen molar-refractivity contribution in [3.8, 4) is 23.0 Å². The van der Waals surface area contributed by atoms with Gasteiger partial charge in [0, 0.05) is 30.6 Å². The standard InChI is InChI=1S/C20H13F3N4O4S/c1-30-13-5-7-25-16(17(13)28)18(29)27-19-26-12-3-2-10(8-14(12)32-19)31-11-4-6-24-15(9-11)20(21,22)23/h2-9,28H,1H3,(H,26,27,29). The number of halogens is 3. The number of nitrogens with zero attached hydrogens (tertiary/aromatic N) is 3. The largest absolute Gasteiger partial charge is 0.503 e. The number of fused-ring (bicyclic) bond motifs is 1. The minimum atomic E-state index is -4.58. The Bertz CT molecular complexity index is 1310. The van der Waals surface area contributed by atoms with Crippen molar-refractivity contribution in [1.82, 2.24) is 15.0 Å². The maximum Gasteiger partial charge on any atom is 0.433 e. The van der Waals surface area contributed by atoms with Crippen molar-refractivity contribution in [2.24, 2.45) is 0 Å². The molecule has 4 aromatic rings. The number of rotatable bonds is 5. The smallest absolute Gasteiger partial charge is 0.433 e. The first kappa shape index (κ1) is 21.3. The number of carbonyl (C=O) groups is 1. The van der Waals surface area contributed by atoms with Crippen LogP contribution in [0.15, 0.2) is 48.8 Å². The van der Waals surface area contributed by atoms with Crippen molar-refractivity contribution < 1.29 is 32.5 Å². The summed E-state index contributed by atoms with van der Waals surface area (Å²) < 4.78 is 49.6. The van der Waals surface area contributed by atoms with Gasteiger partial charge in [-0.15, -0.1) is 0 Å². The number of aromatic nitrogens is 3. The Labute approximate surface area is 182 Å². The van der Waals surface area contributed by atoms with Crippen LogP contribution in [-0.2, 0) is 6.18 Å². The van der Waals surface area contributed by atoms with Gasteiger partial charge in [-0.25, -0.2) is 9.97 Å². The molecule has 0 unspecified atom stereocenters. The maximum atomic E-state index is 12.8. The van der Waals surface area contributed by atoms with E-state index in [1.165, 1.54) is 31.5 Å². The lowest BCUT2D eigenvalue weighted by atomic mass is 10.3. The number of amides is 1. The third-order valence-electron chi connectivity index (χ3n) is 4.16. The van der Waals surface area contributed by atoms with Gasteiger partial charge in [-0.1, -0.05) is 11.3 Å². The fraction of sp³-hybridized carbons (Fsp3) is 0.100. The fourth-order valence-corrected chi connectivity index (χ4v) is 3.60. The van der Waals surface area contributed by atoms with Crippen molar-refractivity contribution in [2.75, 3.05) is 12.4 Å². The molecule has 1 aromatic carbocycles. The summed E-state index contributed by atoms with van der Waals surface area (Å²) in [6.45, 7) is 0. The lowest BCUT2D eigenvalue weighted by Crippen LogP contribution is -2.13. The molecular formula is C20H13F3N4O4S. The third-order valence-corrected chi connectivity index (χ3v) is 5.09. The molecule has 0 aliphatic rings. The minimum absolute atomic E-state index is 0.0238. The van der Waals surface area contributed by atoms with Gasteiger partial charge in [0.2, 0.25) is 0 Å². The molecule has 2 N–H and O–H groups in total. The maximum absolute atomic E-state index is 12.8. The van der Waals surface area contributed by atoms with E-state index in [2.05, 4.69) is 20.3 Å². The lowest BCUT2D eigenvalue weighted by molar-refractivity contribution is -0.141. The summed E-state index contributed by atoms with van der Waals surface area (Å²) in [5.41, 5.74) is -0.759. The van der Waals surface area contributed by atoms with Gasteiger partial charge in [0.05, 0.1) is 17.3 Å². The average molecular weight is 462 g/mol. The van der Waals surface area contributed by atoms with Crippen molar-refractivity contribution in [2.45, 2.75) is 6.18 Å². The van der Waals surface area contributed by atoms with Gasteiger partial charge in [-0.3, -0.25) is 15.1 Å². The number of nitrogens with one attached hydrogen (secondary N) is 1. The second-order valence-corrected chi connectivity index (χ2v) is 7.32. The van der Waals surface area contributed by atoms with Crippen molar-refractivity contribution in [3.05, 3.63) is 60.2 Å². The van der Waals surface area contributed by atoms with Gasteiger partial charge in [0.1, 0.15) is 17.2 Å². The van der Waals surface area contributed by atoms with E-state index in [-0.39, 0.29) is 28.1 Å². The van der Waals surface area contributed by atoms with Crippen molar-refractivity contribution in [3.63, 3.8) is 0 Å². The van der Waals surface area contributed by atoms with Crippen molar-refractivity contribution in [1.29, 1.82) is 0 Å². The quantitative estimate of drug-likeness (QED) is 0.436. The van der Waals surface area contributed by atoms with Gasteiger partial charge in [-0.05, 0) is 18.2 Å². The molecule has 32 heavy (non-hydrogen) atoms. The highest BCUT2D eigenvalue weighted by atomic mass is 32.1. The first-order valence-electron chi connectivity index (χ1n) is 8.89. The number of hydrogen-bond acceptors (Lipinski definition) is 8. The number of aromatic hydroxyl groups is 1. The highest BCUT2D eigenvalue weighted by Crippen LogP contribution is 2.34. The van der Waals surface area contributed by atoms with Crippen molar-refractivity contribution >= 4 is 32.6 Å². The van der Waals surface area contributed by atoms with E-state index in [4.69, 9.17) is 9.47 Å². The zero-order chi connectivity index (χ0) is 22.9. The molecule has 0 fully saturated rings. The zero-order valence-corrected chi connectivity index (χ0v) is 17.0. The van der Waals surface area contributed by atoms with Gasteiger partial charge in [0.15, 0.2) is 22.3 Å². The monoisotopic (exact) mass is 462 g/mol. The normalized spacial score (nSPS) is 11.4. The molecule has 0 radical (unpaired) electrons. The van der Waals surface area contributed by atoms with Gasteiger partial charge < -0.3 is 14.6 Å². The first-order valence-corrected chi connectivity index (χ1v) is 9.71. The molecule has 0 atom stereocenters. The minimum Gasteiger partial charge on any atom is -0.503 e. The lowest BCUT2D eigenvalue weighted by Gasteiger charge is -2.09. The summed E-state index contributed by atoms with van der Waals surface area (Å²) in [7, 11) is 1.35. The first-order chi connectivity index (χ1) is 15.2. The van der Waals surface area contributed by atoms with Crippen LogP contribution < -0.4 is 14.8 Å². The summed E-state index contributed by atoms with van der Waals surface area (Å²) in [4.78, 5) is 23.9. The molecule has 3 heterocycles. The summed E-state index contributed by atoms with van der Waals surface area (Å²) in [6.07, 6.45) is -2.25. The molecule has 8 nitrogen and oxygen atoms in total. The van der Waals surface area contributed by atoms with E-state index in [9.17, 15) is 23.1 Å². The van der Waals surface area contributed by atoms with E-state index in [1.54, 1.807) is 12.1 Å². The van der Waals surface area contributed by atoms with Crippen LogP contribution in [0.25, 0.3) is 10.2 Å². The molecule has 0 saturated carbocycles. The number of pyridine rings is 2. The Kier molecular flexibility index (Phi) is 5.53. The van der Waals surface area contributed by atoms with Crippen LogP contribution in [0.4, 0.5) is 18.3 Å². The van der Waals surface area contributed by atoms with Crippen LogP contribution in [0.3, 0.4) is 0 Å². The summed E-state index contributed by atoms with van der Waals surface area (Å²) in [5, 5.41) is 12.8. The molecule has 164 valence electrons. The molecule has 0 bridgehead atoms. The fourth-order valence-electron chi connectivity index (χ4n) is 2.71. The SMILES string of the molecule is COc1ccnc(C(=O)Nc2nc3ccc(Oc4ccnc(C(F)(F)F)c4)cc3s2)c1O. The van der Waals surface area contributed by atoms with E-state index in [1.807, 2.05) is 0 Å². The molecule has 12 heteroatoms. The summed E-state index contributed by atoms with van der Waals surface area (Å²) in [6, 6.07) is 8.24. The number of anilines is 1. The topological polar surface area (TPSA) is 106 Å². The third kappa shape index (κ3) is 4.39.